The van der Waals surface area contributed by atoms with E-state index in [1.54, 1.807) is 4.90 Å². The van der Waals surface area contributed by atoms with Gasteiger partial charge in [-0.05, 0) is 56.5 Å². The summed E-state index contributed by atoms with van der Waals surface area (Å²) in [6, 6.07) is 4.01. The van der Waals surface area contributed by atoms with Crippen LogP contribution in [0, 0.1) is 6.92 Å². The fourth-order valence-electron chi connectivity index (χ4n) is 1.70. The molecule has 0 spiro atoms. The number of carbonyl (C=O) groups excluding carboxylic acids is 1. The Labute approximate surface area is 111 Å². The van der Waals surface area contributed by atoms with Gasteiger partial charge in [0, 0.05) is 15.5 Å². The van der Waals surface area contributed by atoms with Crippen molar-refractivity contribution in [3.63, 3.8) is 0 Å². The highest BCUT2D eigenvalue weighted by molar-refractivity contribution is 9.11. The topological polar surface area (TPSA) is 29.5 Å². The number of anilines is 1. The van der Waals surface area contributed by atoms with Crippen molar-refractivity contribution >= 4 is 43.5 Å². The Morgan fingerprint density at radius 3 is 2.50 bits per heavy atom. The van der Waals surface area contributed by atoms with Crippen LogP contribution in [-0.4, -0.2) is 25.7 Å². The second-order valence-corrected chi connectivity index (χ2v) is 5.38. The molecule has 5 heteroatoms. The van der Waals surface area contributed by atoms with Gasteiger partial charge in [-0.15, -0.1) is 0 Å². The number of halogens is 2. The van der Waals surface area contributed by atoms with Crippen molar-refractivity contribution in [2.75, 3.05) is 24.7 Å². The second-order valence-electron chi connectivity index (χ2n) is 3.68. The molecule has 0 bridgehead atoms. The number of carbonyl (C=O) groups is 1. The molecule has 0 unspecified atom stereocenters. The van der Waals surface area contributed by atoms with Gasteiger partial charge in [0.1, 0.15) is 6.61 Å². The molecule has 1 aliphatic rings. The zero-order chi connectivity index (χ0) is 11.7. The second kappa shape index (κ2) is 4.85. The monoisotopic (exact) mass is 347 g/mol. The first-order valence-corrected chi connectivity index (χ1v) is 6.52. The van der Waals surface area contributed by atoms with Crippen LogP contribution >= 0.6 is 31.9 Å². The van der Waals surface area contributed by atoms with Crippen LogP contribution in [0.15, 0.2) is 21.1 Å². The van der Waals surface area contributed by atoms with Crippen LogP contribution < -0.4 is 4.90 Å². The molecule has 3 nitrogen and oxygen atoms in total. The average molecular weight is 349 g/mol. The maximum atomic E-state index is 11.7. The molecule has 0 N–H and O–H groups in total. The van der Waals surface area contributed by atoms with Gasteiger partial charge in [0.25, 0.3) is 5.91 Å². The molecule has 0 saturated carbocycles. The fraction of sp³-hybridized carbons (Fsp3) is 0.364. The lowest BCUT2D eigenvalue weighted by molar-refractivity contribution is -0.125. The number of morpholine rings is 1. The van der Waals surface area contributed by atoms with E-state index in [1.807, 2.05) is 19.1 Å². The summed E-state index contributed by atoms with van der Waals surface area (Å²) in [4.78, 5) is 13.5. The molecule has 86 valence electrons. The fourth-order valence-corrected chi connectivity index (χ4v) is 3.55. The number of nitrogens with zero attached hydrogens (tertiary/aromatic N) is 1. The van der Waals surface area contributed by atoms with Crippen LogP contribution in [0.25, 0.3) is 0 Å². The number of rotatable bonds is 1. The molecule has 0 aromatic heterocycles. The highest BCUT2D eigenvalue weighted by atomic mass is 79.9. The Hall–Kier alpha value is -0.390. The lowest BCUT2D eigenvalue weighted by Crippen LogP contribution is -2.42. The van der Waals surface area contributed by atoms with E-state index in [1.165, 1.54) is 0 Å². The van der Waals surface area contributed by atoms with E-state index in [4.69, 9.17) is 4.74 Å². The van der Waals surface area contributed by atoms with Crippen molar-refractivity contribution in [3.05, 3.63) is 26.6 Å². The summed E-state index contributed by atoms with van der Waals surface area (Å²) >= 11 is 6.99. The van der Waals surface area contributed by atoms with E-state index in [9.17, 15) is 4.79 Å². The summed E-state index contributed by atoms with van der Waals surface area (Å²) in [6.07, 6.45) is 0. The molecular weight excluding hydrogens is 338 g/mol. The Kier molecular flexibility index (Phi) is 3.66. The zero-order valence-corrected chi connectivity index (χ0v) is 12.0. The molecule has 0 atom stereocenters. The molecule has 1 aliphatic heterocycles. The van der Waals surface area contributed by atoms with E-state index in [0.29, 0.717) is 13.2 Å². The SMILES string of the molecule is Cc1cc(Br)c(N2CCOCC2=O)c(Br)c1. The molecular formula is C11H11Br2NO2. The van der Waals surface area contributed by atoms with Gasteiger partial charge in [-0.25, -0.2) is 0 Å². The van der Waals surface area contributed by atoms with Gasteiger partial charge in [0.2, 0.25) is 0 Å². The van der Waals surface area contributed by atoms with Crippen molar-refractivity contribution in [3.8, 4) is 0 Å². The lowest BCUT2D eigenvalue weighted by Gasteiger charge is -2.28. The van der Waals surface area contributed by atoms with Crippen LogP contribution in [0.2, 0.25) is 0 Å². The van der Waals surface area contributed by atoms with Gasteiger partial charge < -0.3 is 9.64 Å². The average Bonchev–Trinajstić information content (AvgIpc) is 2.19. The molecule has 0 radical (unpaired) electrons. The van der Waals surface area contributed by atoms with Crippen LogP contribution in [0.1, 0.15) is 5.56 Å². The first-order valence-electron chi connectivity index (χ1n) is 4.93. The van der Waals surface area contributed by atoms with Gasteiger partial charge in [0.15, 0.2) is 0 Å². The van der Waals surface area contributed by atoms with Crippen molar-refractivity contribution in [2.24, 2.45) is 0 Å². The van der Waals surface area contributed by atoms with E-state index in [2.05, 4.69) is 31.9 Å². The highest BCUT2D eigenvalue weighted by Crippen LogP contribution is 2.36. The van der Waals surface area contributed by atoms with E-state index in [-0.39, 0.29) is 12.5 Å². The van der Waals surface area contributed by atoms with Crippen molar-refractivity contribution in [1.29, 1.82) is 0 Å². The van der Waals surface area contributed by atoms with Crippen LogP contribution in [0.4, 0.5) is 5.69 Å². The molecule has 1 aromatic carbocycles. The number of hydrogen-bond donors (Lipinski definition) is 0. The summed E-state index contributed by atoms with van der Waals surface area (Å²) in [5, 5.41) is 0. The molecule has 16 heavy (non-hydrogen) atoms. The van der Waals surface area contributed by atoms with Crippen LogP contribution in [0.3, 0.4) is 0 Å². The third-order valence-corrected chi connectivity index (χ3v) is 3.63. The summed E-state index contributed by atoms with van der Waals surface area (Å²) in [7, 11) is 0. The third kappa shape index (κ3) is 2.31. The summed E-state index contributed by atoms with van der Waals surface area (Å²) in [5.41, 5.74) is 2.03. The number of aryl methyl sites for hydroxylation is 1. The summed E-state index contributed by atoms with van der Waals surface area (Å²) in [6.45, 7) is 3.35. The number of ether oxygens (including phenoxy) is 1. The minimum absolute atomic E-state index is 0.00324. The standard InChI is InChI=1S/C11H11Br2NO2/c1-7-4-8(12)11(9(13)5-7)14-2-3-16-6-10(14)15/h4-5H,2-3,6H2,1H3. The van der Waals surface area contributed by atoms with Crippen LogP contribution in [0.5, 0.6) is 0 Å². The normalized spacial score (nSPS) is 16.7. The van der Waals surface area contributed by atoms with Crippen molar-refractivity contribution in [2.45, 2.75) is 6.92 Å². The Balaban J connectivity index is 2.42. The first kappa shape index (κ1) is 12.1. The lowest BCUT2D eigenvalue weighted by atomic mass is 10.2. The first-order chi connectivity index (χ1) is 7.59. The Morgan fingerprint density at radius 2 is 1.94 bits per heavy atom. The minimum Gasteiger partial charge on any atom is -0.370 e. The molecule has 1 aromatic rings. The van der Waals surface area contributed by atoms with Gasteiger partial charge in [-0.2, -0.15) is 0 Å². The van der Waals surface area contributed by atoms with Gasteiger partial charge >= 0.3 is 0 Å². The molecule has 1 amide bonds. The molecule has 0 aliphatic carbocycles. The van der Waals surface area contributed by atoms with E-state index >= 15 is 0 Å². The molecule has 1 saturated heterocycles. The number of amides is 1. The quantitative estimate of drug-likeness (QED) is 0.781. The maximum absolute atomic E-state index is 11.7. The van der Waals surface area contributed by atoms with E-state index < -0.39 is 0 Å². The Bertz CT molecular complexity index is 411. The van der Waals surface area contributed by atoms with Gasteiger partial charge in [0.05, 0.1) is 12.3 Å². The Morgan fingerprint density at radius 1 is 1.31 bits per heavy atom. The van der Waals surface area contributed by atoms with E-state index in [0.717, 1.165) is 20.2 Å². The third-order valence-electron chi connectivity index (χ3n) is 2.42. The number of benzene rings is 1. The predicted octanol–water partition coefficient (Wildman–Crippen LogP) is 2.88. The smallest absolute Gasteiger partial charge is 0.253 e. The van der Waals surface area contributed by atoms with Crippen molar-refractivity contribution < 1.29 is 9.53 Å². The van der Waals surface area contributed by atoms with Crippen molar-refractivity contribution in [1.82, 2.24) is 0 Å². The van der Waals surface area contributed by atoms with Gasteiger partial charge in [-0.3, -0.25) is 4.79 Å². The highest BCUT2D eigenvalue weighted by Gasteiger charge is 2.24. The van der Waals surface area contributed by atoms with Gasteiger partial charge in [-0.1, -0.05) is 0 Å². The maximum Gasteiger partial charge on any atom is 0.253 e. The number of hydrogen-bond acceptors (Lipinski definition) is 2. The largest absolute Gasteiger partial charge is 0.370 e. The summed E-state index contributed by atoms with van der Waals surface area (Å²) < 4.78 is 6.97. The minimum atomic E-state index is -0.00324. The molecule has 1 heterocycles. The summed E-state index contributed by atoms with van der Waals surface area (Å²) in [5.74, 6) is -0.00324. The zero-order valence-electron chi connectivity index (χ0n) is 8.80. The van der Waals surface area contributed by atoms with Crippen LogP contribution in [-0.2, 0) is 9.53 Å². The molecule has 1 fully saturated rings. The molecule has 2 rings (SSSR count). The predicted molar refractivity (Wildman–Crippen MR) is 69.8 cm³/mol.